The highest BCUT2D eigenvalue weighted by Crippen LogP contribution is 2.22. The lowest BCUT2D eigenvalue weighted by Crippen LogP contribution is -2.30. The molecule has 1 rings (SSSR count). The second kappa shape index (κ2) is 8.44. The summed E-state index contributed by atoms with van der Waals surface area (Å²) in [6, 6.07) is 5.42. The summed E-state index contributed by atoms with van der Waals surface area (Å²) in [6.07, 6.45) is 4.06. The number of amides is 1. The van der Waals surface area contributed by atoms with E-state index < -0.39 is 0 Å². The maximum Gasteiger partial charge on any atom is 0.223 e. The van der Waals surface area contributed by atoms with Crippen LogP contribution in [0.25, 0.3) is 0 Å². The Balaban J connectivity index is 2.50. The number of halogens is 2. The number of carbonyl (C=O) groups is 1. The summed E-state index contributed by atoms with van der Waals surface area (Å²) in [5.41, 5.74) is 0.966. The summed E-state index contributed by atoms with van der Waals surface area (Å²) in [5, 5.41) is 4.02. The van der Waals surface area contributed by atoms with Gasteiger partial charge in [-0.3, -0.25) is 4.79 Å². The molecule has 1 N–H and O–H groups in total. The van der Waals surface area contributed by atoms with Gasteiger partial charge in [-0.1, -0.05) is 56.0 Å². The molecule has 1 unspecified atom stereocenters. The molecule has 1 aromatic rings. The highest BCUT2D eigenvalue weighted by Gasteiger charge is 2.15. The third-order valence-electron chi connectivity index (χ3n) is 3.22. The summed E-state index contributed by atoms with van der Waals surface area (Å²) in [6.45, 7) is 4.69. The zero-order valence-electron chi connectivity index (χ0n) is 11.5. The van der Waals surface area contributed by atoms with Gasteiger partial charge in [0.1, 0.15) is 0 Å². The fourth-order valence-electron chi connectivity index (χ4n) is 1.95. The van der Waals surface area contributed by atoms with Crippen molar-refractivity contribution < 1.29 is 4.79 Å². The van der Waals surface area contributed by atoms with Crippen molar-refractivity contribution in [3.05, 3.63) is 33.8 Å². The smallest absolute Gasteiger partial charge is 0.223 e. The van der Waals surface area contributed by atoms with Gasteiger partial charge >= 0.3 is 0 Å². The Morgan fingerprint density at radius 2 is 2.00 bits per heavy atom. The molecule has 0 saturated carbocycles. The molecule has 1 atom stereocenters. The van der Waals surface area contributed by atoms with Gasteiger partial charge in [-0.2, -0.15) is 0 Å². The van der Waals surface area contributed by atoms with Gasteiger partial charge in [-0.05, 0) is 30.5 Å². The lowest BCUT2D eigenvalue weighted by atomic mass is 9.98. The highest BCUT2D eigenvalue weighted by molar-refractivity contribution is 6.42. The molecular formula is C15H21Cl2NO. The van der Waals surface area contributed by atoms with Gasteiger partial charge in [0.25, 0.3) is 0 Å². The molecule has 0 saturated heterocycles. The Morgan fingerprint density at radius 3 is 2.58 bits per heavy atom. The molecule has 0 aliphatic heterocycles. The molecule has 0 spiro atoms. The number of nitrogens with one attached hydrogen (secondary N) is 1. The van der Waals surface area contributed by atoms with Gasteiger partial charge in [0.2, 0.25) is 5.91 Å². The SMILES string of the molecule is CCCCC(CC)C(=O)NCc1ccc(Cl)c(Cl)c1. The second-order valence-corrected chi connectivity index (χ2v) is 5.53. The minimum Gasteiger partial charge on any atom is -0.352 e. The van der Waals surface area contributed by atoms with Crippen LogP contribution in [0, 0.1) is 5.92 Å². The molecule has 0 aliphatic carbocycles. The van der Waals surface area contributed by atoms with Crippen molar-refractivity contribution in [3.63, 3.8) is 0 Å². The maximum atomic E-state index is 12.0. The highest BCUT2D eigenvalue weighted by atomic mass is 35.5. The van der Waals surface area contributed by atoms with E-state index in [1.54, 1.807) is 12.1 Å². The molecule has 1 aromatic carbocycles. The first-order valence-corrected chi connectivity index (χ1v) is 7.55. The predicted molar refractivity (Wildman–Crippen MR) is 81.6 cm³/mol. The van der Waals surface area contributed by atoms with Crippen molar-refractivity contribution in [2.75, 3.05) is 0 Å². The predicted octanol–water partition coefficient (Wildman–Crippen LogP) is 4.83. The Hall–Kier alpha value is -0.730. The number of benzene rings is 1. The molecule has 0 aromatic heterocycles. The lowest BCUT2D eigenvalue weighted by Gasteiger charge is -2.14. The molecule has 19 heavy (non-hydrogen) atoms. The third kappa shape index (κ3) is 5.42. The van der Waals surface area contributed by atoms with E-state index in [1.807, 2.05) is 6.07 Å². The zero-order chi connectivity index (χ0) is 14.3. The molecule has 2 nitrogen and oxygen atoms in total. The van der Waals surface area contributed by atoms with E-state index >= 15 is 0 Å². The standard InChI is InChI=1S/C15H21Cl2NO/c1-3-5-6-12(4-2)15(19)18-10-11-7-8-13(16)14(17)9-11/h7-9,12H,3-6,10H2,1-2H3,(H,18,19). The summed E-state index contributed by atoms with van der Waals surface area (Å²) in [4.78, 5) is 12.0. The van der Waals surface area contributed by atoms with Crippen LogP contribution in [-0.4, -0.2) is 5.91 Å². The van der Waals surface area contributed by atoms with Gasteiger partial charge in [-0.25, -0.2) is 0 Å². The van der Waals surface area contributed by atoms with Crippen LogP contribution in [0.4, 0.5) is 0 Å². The molecule has 0 radical (unpaired) electrons. The van der Waals surface area contributed by atoms with E-state index in [-0.39, 0.29) is 11.8 Å². The first kappa shape index (κ1) is 16.3. The molecule has 1 amide bonds. The number of hydrogen-bond donors (Lipinski definition) is 1. The van der Waals surface area contributed by atoms with Gasteiger partial charge in [0.05, 0.1) is 10.0 Å². The average molecular weight is 302 g/mol. The molecular weight excluding hydrogens is 281 g/mol. The van der Waals surface area contributed by atoms with Gasteiger partial charge in [0.15, 0.2) is 0 Å². The Morgan fingerprint density at radius 1 is 1.26 bits per heavy atom. The van der Waals surface area contributed by atoms with E-state index in [2.05, 4.69) is 19.2 Å². The van der Waals surface area contributed by atoms with E-state index in [0.29, 0.717) is 16.6 Å². The Kier molecular flexibility index (Phi) is 7.25. The zero-order valence-corrected chi connectivity index (χ0v) is 13.0. The van der Waals surface area contributed by atoms with Crippen molar-refractivity contribution in [2.24, 2.45) is 5.92 Å². The van der Waals surface area contributed by atoms with E-state index in [0.717, 1.165) is 31.2 Å². The van der Waals surface area contributed by atoms with Gasteiger partial charge in [0, 0.05) is 12.5 Å². The van der Waals surface area contributed by atoms with Crippen molar-refractivity contribution in [3.8, 4) is 0 Å². The Labute approximate surface area is 125 Å². The van der Waals surface area contributed by atoms with E-state index in [4.69, 9.17) is 23.2 Å². The molecule has 0 fully saturated rings. The fourth-order valence-corrected chi connectivity index (χ4v) is 2.27. The normalized spacial score (nSPS) is 12.2. The topological polar surface area (TPSA) is 29.1 Å². The molecule has 0 bridgehead atoms. The summed E-state index contributed by atoms with van der Waals surface area (Å²) in [7, 11) is 0. The second-order valence-electron chi connectivity index (χ2n) is 4.71. The molecule has 0 aliphatic rings. The lowest BCUT2D eigenvalue weighted by molar-refractivity contribution is -0.125. The van der Waals surface area contributed by atoms with Crippen molar-refractivity contribution in [2.45, 2.75) is 46.1 Å². The Bertz CT molecular complexity index is 421. The monoisotopic (exact) mass is 301 g/mol. The largest absolute Gasteiger partial charge is 0.352 e. The summed E-state index contributed by atoms with van der Waals surface area (Å²) < 4.78 is 0. The average Bonchev–Trinajstić information content (AvgIpc) is 2.41. The first-order chi connectivity index (χ1) is 9.08. The fraction of sp³-hybridized carbons (Fsp3) is 0.533. The van der Waals surface area contributed by atoms with Crippen LogP contribution in [0.2, 0.25) is 10.0 Å². The van der Waals surface area contributed by atoms with Crippen LogP contribution in [0.5, 0.6) is 0 Å². The quantitative estimate of drug-likeness (QED) is 0.768. The number of hydrogen-bond acceptors (Lipinski definition) is 1. The van der Waals surface area contributed by atoms with Crippen molar-refractivity contribution in [1.29, 1.82) is 0 Å². The van der Waals surface area contributed by atoms with Crippen LogP contribution >= 0.6 is 23.2 Å². The van der Waals surface area contributed by atoms with Crippen LogP contribution in [0.15, 0.2) is 18.2 Å². The van der Waals surface area contributed by atoms with Gasteiger partial charge in [-0.15, -0.1) is 0 Å². The minimum atomic E-state index is 0.114. The van der Waals surface area contributed by atoms with Crippen molar-refractivity contribution in [1.82, 2.24) is 5.32 Å². The molecule has 0 heterocycles. The van der Waals surface area contributed by atoms with Crippen LogP contribution in [0.1, 0.15) is 45.1 Å². The number of rotatable bonds is 7. The van der Waals surface area contributed by atoms with Crippen LogP contribution in [-0.2, 0) is 11.3 Å². The van der Waals surface area contributed by atoms with Gasteiger partial charge < -0.3 is 5.32 Å². The minimum absolute atomic E-state index is 0.114. The van der Waals surface area contributed by atoms with E-state index in [9.17, 15) is 4.79 Å². The van der Waals surface area contributed by atoms with Crippen LogP contribution < -0.4 is 5.32 Å². The maximum absolute atomic E-state index is 12.0. The summed E-state index contributed by atoms with van der Waals surface area (Å²) in [5.74, 6) is 0.241. The molecule has 106 valence electrons. The van der Waals surface area contributed by atoms with Crippen molar-refractivity contribution >= 4 is 29.1 Å². The summed E-state index contributed by atoms with van der Waals surface area (Å²) >= 11 is 11.8. The third-order valence-corrected chi connectivity index (χ3v) is 3.96. The first-order valence-electron chi connectivity index (χ1n) is 6.80. The van der Waals surface area contributed by atoms with Crippen LogP contribution in [0.3, 0.4) is 0 Å². The van der Waals surface area contributed by atoms with E-state index in [1.165, 1.54) is 0 Å². The molecule has 4 heteroatoms. The number of unbranched alkanes of at least 4 members (excludes halogenated alkanes) is 1. The number of carbonyl (C=O) groups excluding carboxylic acids is 1.